The normalized spacial score (nSPS) is 14.8. The van der Waals surface area contributed by atoms with E-state index in [1.54, 1.807) is 0 Å². The third-order valence-electron chi connectivity index (χ3n) is 4.61. The van der Waals surface area contributed by atoms with Crippen molar-refractivity contribution in [3.8, 4) is 5.75 Å². The molecule has 0 bridgehead atoms. The van der Waals surface area contributed by atoms with E-state index in [0.717, 1.165) is 11.4 Å². The first-order chi connectivity index (χ1) is 12.8. The fourth-order valence-corrected chi connectivity index (χ4v) is 3.22. The SMILES string of the molecule is Cc1cc(C)nc(N2CCC(C(=O)Nc3ccc(C(=O)O)c(O)c3)CC2)n1. The van der Waals surface area contributed by atoms with Crippen LogP contribution < -0.4 is 10.2 Å². The zero-order valence-corrected chi connectivity index (χ0v) is 15.3. The number of carbonyl (C=O) groups is 2. The number of nitrogens with one attached hydrogen (secondary N) is 1. The molecule has 3 rings (SSSR count). The third kappa shape index (κ3) is 4.33. The van der Waals surface area contributed by atoms with Gasteiger partial charge >= 0.3 is 5.97 Å². The molecule has 0 aliphatic carbocycles. The summed E-state index contributed by atoms with van der Waals surface area (Å²) in [5.41, 5.74) is 2.02. The van der Waals surface area contributed by atoms with E-state index in [-0.39, 0.29) is 23.1 Å². The largest absolute Gasteiger partial charge is 0.507 e. The van der Waals surface area contributed by atoms with Gasteiger partial charge in [0.25, 0.3) is 0 Å². The van der Waals surface area contributed by atoms with Gasteiger partial charge in [-0.25, -0.2) is 14.8 Å². The molecule has 1 amide bonds. The van der Waals surface area contributed by atoms with Crippen molar-refractivity contribution in [1.29, 1.82) is 0 Å². The average molecular weight is 370 g/mol. The number of carbonyl (C=O) groups excluding carboxylic acids is 1. The second kappa shape index (κ2) is 7.61. The summed E-state index contributed by atoms with van der Waals surface area (Å²) in [6.07, 6.45) is 1.34. The summed E-state index contributed by atoms with van der Waals surface area (Å²) in [5, 5.41) is 21.4. The molecule has 8 heteroatoms. The number of carboxylic acid groups (broad SMARTS) is 1. The Kier molecular flexibility index (Phi) is 5.25. The number of aromatic nitrogens is 2. The van der Waals surface area contributed by atoms with E-state index in [9.17, 15) is 14.7 Å². The molecule has 1 saturated heterocycles. The first kappa shape index (κ1) is 18.6. The van der Waals surface area contributed by atoms with Gasteiger partial charge in [-0.05, 0) is 44.9 Å². The number of aromatic hydroxyl groups is 1. The monoisotopic (exact) mass is 370 g/mol. The van der Waals surface area contributed by atoms with Gasteiger partial charge in [-0.15, -0.1) is 0 Å². The van der Waals surface area contributed by atoms with Crippen molar-refractivity contribution in [3.63, 3.8) is 0 Å². The first-order valence-electron chi connectivity index (χ1n) is 8.78. The molecule has 0 radical (unpaired) electrons. The molecular formula is C19H22N4O4. The molecule has 1 aliphatic heterocycles. The van der Waals surface area contributed by atoms with Crippen LogP contribution >= 0.6 is 0 Å². The van der Waals surface area contributed by atoms with Crippen LogP contribution in [0.15, 0.2) is 24.3 Å². The molecule has 1 fully saturated rings. The van der Waals surface area contributed by atoms with Crippen molar-refractivity contribution in [2.45, 2.75) is 26.7 Å². The predicted octanol–water partition coefficient (Wildman–Crippen LogP) is 2.35. The average Bonchev–Trinajstić information content (AvgIpc) is 2.60. The van der Waals surface area contributed by atoms with E-state index in [4.69, 9.17) is 5.11 Å². The minimum absolute atomic E-state index is 0.140. The molecule has 0 atom stereocenters. The summed E-state index contributed by atoms with van der Waals surface area (Å²) in [6.45, 7) is 5.24. The Labute approximate surface area is 156 Å². The van der Waals surface area contributed by atoms with Crippen LogP contribution in [-0.2, 0) is 4.79 Å². The Morgan fingerprint density at radius 2 is 1.74 bits per heavy atom. The molecule has 1 aromatic heterocycles. The van der Waals surface area contributed by atoms with Gasteiger partial charge in [0.2, 0.25) is 11.9 Å². The van der Waals surface area contributed by atoms with Crippen molar-refractivity contribution in [2.24, 2.45) is 5.92 Å². The van der Waals surface area contributed by atoms with E-state index < -0.39 is 5.97 Å². The first-order valence-corrected chi connectivity index (χ1v) is 8.78. The topological polar surface area (TPSA) is 116 Å². The van der Waals surface area contributed by atoms with Crippen LogP contribution in [0, 0.1) is 19.8 Å². The Hall–Kier alpha value is -3.16. The van der Waals surface area contributed by atoms with Crippen molar-refractivity contribution in [3.05, 3.63) is 41.2 Å². The van der Waals surface area contributed by atoms with E-state index in [1.165, 1.54) is 18.2 Å². The Morgan fingerprint density at radius 1 is 1.11 bits per heavy atom. The van der Waals surface area contributed by atoms with Gasteiger partial charge in [0, 0.05) is 42.1 Å². The number of carboxylic acids is 1. The van der Waals surface area contributed by atoms with E-state index in [2.05, 4.69) is 20.2 Å². The summed E-state index contributed by atoms with van der Waals surface area (Å²) in [4.78, 5) is 34.4. The summed E-state index contributed by atoms with van der Waals surface area (Å²) < 4.78 is 0. The fourth-order valence-electron chi connectivity index (χ4n) is 3.22. The lowest BCUT2D eigenvalue weighted by molar-refractivity contribution is -0.120. The summed E-state index contributed by atoms with van der Waals surface area (Å²) >= 11 is 0. The molecule has 0 saturated carbocycles. The molecule has 0 unspecified atom stereocenters. The molecule has 27 heavy (non-hydrogen) atoms. The Balaban J connectivity index is 1.60. The minimum Gasteiger partial charge on any atom is -0.507 e. The highest BCUT2D eigenvalue weighted by atomic mass is 16.4. The maximum absolute atomic E-state index is 12.5. The van der Waals surface area contributed by atoms with Crippen LogP contribution in [-0.4, -0.2) is 45.1 Å². The smallest absolute Gasteiger partial charge is 0.339 e. The number of aryl methyl sites for hydroxylation is 2. The van der Waals surface area contributed by atoms with Crippen molar-refractivity contribution >= 4 is 23.5 Å². The zero-order valence-electron chi connectivity index (χ0n) is 15.3. The van der Waals surface area contributed by atoms with E-state index in [0.29, 0.717) is 37.6 Å². The van der Waals surface area contributed by atoms with Crippen LogP contribution in [0.25, 0.3) is 0 Å². The number of aromatic carboxylic acids is 1. The number of hydrogen-bond donors (Lipinski definition) is 3. The molecule has 1 aliphatic rings. The lowest BCUT2D eigenvalue weighted by Gasteiger charge is -2.31. The van der Waals surface area contributed by atoms with Gasteiger partial charge in [-0.1, -0.05) is 0 Å². The highest BCUT2D eigenvalue weighted by Crippen LogP contribution is 2.25. The fraction of sp³-hybridized carbons (Fsp3) is 0.368. The maximum atomic E-state index is 12.5. The number of benzene rings is 1. The lowest BCUT2D eigenvalue weighted by atomic mass is 9.96. The van der Waals surface area contributed by atoms with Crippen LogP contribution in [0.1, 0.15) is 34.6 Å². The second-order valence-electron chi connectivity index (χ2n) is 6.74. The molecule has 0 spiro atoms. The van der Waals surface area contributed by atoms with Crippen molar-refractivity contribution in [1.82, 2.24) is 9.97 Å². The van der Waals surface area contributed by atoms with Crippen LogP contribution in [0.4, 0.5) is 11.6 Å². The third-order valence-corrected chi connectivity index (χ3v) is 4.61. The van der Waals surface area contributed by atoms with Crippen LogP contribution in [0.2, 0.25) is 0 Å². The van der Waals surface area contributed by atoms with Gasteiger partial charge in [-0.2, -0.15) is 0 Å². The molecule has 2 heterocycles. The van der Waals surface area contributed by atoms with Gasteiger partial charge in [0.15, 0.2) is 0 Å². The van der Waals surface area contributed by atoms with Crippen molar-refractivity contribution < 1.29 is 19.8 Å². The Bertz CT molecular complexity index is 856. The number of rotatable bonds is 4. The standard InChI is InChI=1S/C19H22N4O4/c1-11-9-12(2)21-19(20-11)23-7-5-13(6-8-23)17(25)22-14-3-4-15(18(26)27)16(24)10-14/h3-4,9-10,13,24H,5-8H2,1-2H3,(H,22,25)(H,26,27). The maximum Gasteiger partial charge on any atom is 0.339 e. The zero-order chi connectivity index (χ0) is 19.6. The highest BCUT2D eigenvalue weighted by Gasteiger charge is 2.26. The number of amides is 1. The molecule has 2 aromatic rings. The predicted molar refractivity (Wildman–Crippen MR) is 100 cm³/mol. The molecule has 3 N–H and O–H groups in total. The van der Waals surface area contributed by atoms with Crippen molar-refractivity contribution in [2.75, 3.05) is 23.3 Å². The van der Waals surface area contributed by atoms with Gasteiger partial charge < -0.3 is 20.4 Å². The van der Waals surface area contributed by atoms with E-state index >= 15 is 0 Å². The summed E-state index contributed by atoms with van der Waals surface area (Å²) in [7, 11) is 0. The lowest BCUT2D eigenvalue weighted by Crippen LogP contribution is -2.39. The van der Waals surface area contributed by atoms with E-state index in [1.807, 2.05) is 19.9 Å². The summed E-state index contributed by atoms with van der Waals surface area (Å²) in [6, 6.07) is 5.92. The number of anilines is 2. The number of nitrogens with zero attached hydrogens (tertiary/aromatic N) is 3. The second-order valence-corrected chi connectivity index (χ2v) is 6.74. The quantitative estimate of drug-likeness (QED) is 0.756. The molecule has 1 aromatic carbocycles. The number of phenols is 1. The van der Waals surface area contributed by atoms with Crippen LogP contribution in [0.3, 0.4) is 0 Å². The number of piperidine rings is 1. The summed E-state index contributed by atoms with van der Waals surface area (Å²) in [5.74, 6) is -1.19. The van der Waals surface area contributed by atoms with Gasteiger partial charge in [0.05, 0.1) is 0 Å². The van der Waals surface area contributed by atoms with Gasteiger partial charge in [0.1, 0.15) is 11.3 Å². The molecule has 8 nitrogen and oxygen atoms in total. The van der Waals surface area contributed by atoms with Gasteiger partial charge in [-0.3, -0.25) is 4.79 Å². The molecule has 142 valence electrons. The number of hydrogen-bond acceptors (Lipinski definition) is 6. The molecular weight excluding hydrogens is 348 g/mol. The highest BCUT2D eigenvalue weighted by molar-refractivity contribution is 5.95. The van der Waals surface area contributed by atoms with Crippen LogP contribution in [0.5, 0.6) is 5.75 Å². The Morgan fingerprint density at radius 3 is 2.30 bits per heavy atom. The minimum atomic E-state index is -1.22.